The van der Waals surface area contributed by atoms with Crippen molar-refractivity contribution < 1.29 is 13.9 Å². The Bertz CT molecular complexity index is 1010. The van der Waals surface area contributed by atoms with E-state index in [1.54, 1.807) is 7.11 Å². The number of aryl methyl sites for hydroxylation is 2. The first kappa shape index (κ1) is 20.0. The number of fused-ring (bicyclic) bond motifs is 1. The average molecular weight is 415 g/mol. The van der Waals surface area contributed by atoms with Crippen LogP contribution in [0.3, 0.4) is 0 Å². The van der Waals surface area contributed by atoms with Crippen LogP contribution in [0.25, 0.3) is 22.2 Å². The van der Waals surface area contributed by atoms with Gasteiger partial charge < -0.3 is 18.8 Å². The molecule has 5 nitrogen and oxygen atoms in total. The first-order valence-electron chi connectivity index (χ1n) is 10.2. The van der Waals surface area contributed by atoms with Crippen molar-refractivity contribution >= 4 is 22.5 Å². The number of benzene rings is 1. The van der Waals surface area contributed by atoms with Crippen LogP contribution >= 0.6 is 11.6 Å². The van der Waals surface area contributed by atoms with Crippen LogP contribution in [0, 0.1) is 13.8 Å². The number of methoxy groups -OCH3 is 1. The predicted octanol–water partition coefficient (Wildman–Crippen LogP) is 5.64. The summed E-state index contributed by atoms with van der Waals surface area (Å²) in [5.74, 6) is 3.05. The summed E-state index contributed by atoms with van der Waals surface area (Å²) in [4.78, 5) is 7.31. The number of aromatic nitrogens is 1. The third-order valence-corrected chi connectivity index (χ3v) is 5.75. The van der Waals surface area contributed by atoms with Gasteiger partial charge in [0, 0.05) is 23.6 Å². The van der Waals surface area contributed by atoms with Crippen molar-refractivity contribution in [3.63, 3.8) is 0 Å². The minimum Gasteiger partial charge on any atom is -0.493 e. The highest BCUT2D eigenvalue weighted by atomic mass is 35.5. The monoisotopic (exact) mass is 414 g/mol. The van der Waals surface area contributed by atoms with Crippen molar-refractivity contribution in [3.8, 4) is 22.8 Å². The van der Waals surface area contributed by atoms with E-state index >= 15 is 0 Å². The Morgan fingerprint density at radius 2 is 1.90 bits per heavy atom. The van der Waals surface area contributed by atoms with Gasteiger partial charge in [0.2, 0.25) is 0 Å². The van der Waals surface area contributed by atoms with Gasteiger partial charge in [0.25, 0.3) is 0 Å². The molecule has 2 aromatic heterocycles. The second-order valence-electron chi connectivity index (χ2n) is 7.59. The lowest BCUT2D eigenvalue weighted by atomic mass is 10.1. The fraction of sp³-hybridized carbons (Fsp3) is 0.435. The van der Waals surface area contributed by atoms with Crippen LogP contribution in [0.15, 0.2) is 28.7 Å². The van der Waals surface area contributed by atoms with Gasteiger partial charge in [-0.25, -0.2) is 4.98 Å². The quantitative estimate of drug-likeness (QED) is 0.468. The number of halogens is 1. The molecule has 3 heterocycles. The highest BCUT2D eigenvalue weighted by Crippen LogP contribution is 2.37. The number of pyridine rings is 1. The van der Waals surface area contributed by atoms with Crippen LogP contribution in [-0.4, -0.2) is 43.2 Å². The largest absolute Gasteiger partial charge is 0.493 e. The molecule has 1 aliphatic heterocycles. The molecule has 0 aliphatic carbocycles. The highest BCUT2D eigenvalue weighted by molar-refractivity contribution is 6.35. The van der Waals surface area contributed by atoms with Crippen LogP contribution in [0.1, 0.15) is 30.8 Å². The van der Waals surface area contributed by atoms with E-state index in [-0.39, 0.29) is 0 Å². The highest BCUT2D eigenvalue weighted by Gasteiger charge is 2.16. The lowest BCUT2D eigenvalue weighted by Gasteiger charge is -2.16. The molecule has 0 N–H and O–H groups in total. The van der Waals surface area contributed by atoms with Crippen LogP contribution < -0.4 is 9.47 Å². The number of hydrogen-bond acceptors (Lipinski definition) is 5. The first-order chi connectivity index (χ1) is 14.0. The summed E-state index contributed by atoms with van der Waals surface area (Å²) in [6.45, 7) is 7.99. The van der Waals surface area contributed by atoms with Gasteiger partial charge in [-0.2, -0.15) is 0 Å². The third-order valence-electron chi connectivity index (χ3n) is 5.44. The number of rotatable bonds is 7. The first-order valence-corrected chi connectivity index (χ1v) is 10.5. The number of ether oxygens (including phenoxy) is 2. The molecule has 0 unspecified atom stereocenters. The number of likely N-dealkylation sites (tertiary alicyclic amines) is 1. The van der Waals surface area contributed by atoms with E-state index in [4.69, 9.17) is 30.5 Å². The molecule has 1 aliphatic rings. The fourth-order valence-electron chi connectivity index (χ4n) is 3.96. The maximum atomic E-state index is 6.58. The van der Waals surface area contributed by atoms with Gasteiger partial charge in [0.1, 0.15) is 11.5 Å². The zero-order valence-electron chi connectivity index (χ0n) is 17.3. The van der Waals surface area contributed by atoms with Crippen LogP contribution in [0.5, 0.6) is 11.5 Å². The van der Waals surface area contributed by atoms with Gasteiger partial charge >= 0.3 is 0 Å². The molecule has 0 spiro atoms. The van der Waals surface area contributed by atoms with Crippen molar-refractivity contribution in [1.82, 2.24) is 9.88 Å². The van der Waals surface area contributed by atoms with Gasteiger partial charge in [0.15, 0.2) is 11.5 Å². The second-order valence-corrected chi connectivity index (χ2v) is 7.99. The maximum absolute atomic E-state index is 6.58. The summed E-state index contributed by atoms with van der Waals surface area (Å²) in [5.41, 5.74) is 2.53. The lowest BCUT2D eigenvalue weighted by molar-refractivity contribution is 0.254. The normalized spacial score (nSPS) is 14.6. The molecule has 6 heteroatoms. The van der Waals surface area contributed by atoms with Crippen molar-refractivity contribution in [2.45, 2.75) is 33.1 Å². The van der Waals surface area contributed by atoms with Crippen molar-refractivity contribution in [3.05, 3.63) is 40.8 Å². The average Bonchev–Trinajstić information content (AvgIpc) is 3.33. The Morgan fingerprint density at radius 1 is 1.10 bits per heavy atom. The molecule has 1 saturated heterocycles. The van der Waals surface area contributed by atoms with Crippen molar-refractivity contribution in [2.24, 2.45) is 0 Å². The van der Waals surface area contributed by atoms with E-state index in [2.05, 4.69) is 4.90 Å². The van der Waals surface area contributed by atoms with Crippen LogP contribution in [-0.2, 0) is 0 Å². The molecular weight excluding hydrogens is 388 g/mol. The Balaban J connectivity index is 1.59. The van der Waals surface area contributed by atoms with E-state index in [0.717, 1.165) is 46.6 Å². The van der Waals surface area contributed by atoms with Crippen molar-refractivity contribution in [1.29, 1.82) is 0 Å². The molecule has 0 radical (unpaired) electrons. The molecule has 4 rings (SSSR count). The van der Waals surface area contributed by atoms with Gasteiger partial charge in [-0.05, 0) is 64.4 Å². The van der Waals surface area contributed by atoms with Crippen molar-refractivity contribution in [2.75, 3.05) is 33.4 Å². The Labute approximate surface area is 176 Å². The summed E-state index contributed by atoms with van der Waals surface area (Å²) in [6.07, 6.45) is 3.61. The van der Waals surface area contributed by atoms with Crippen LogP contribution in [0.2, 0.25) is 5.02 Å². The van der Waals surface area contributed by atoms with E-state index in [1.807, 2.05) is 38.1 Å². The molecule has 0 bridgehead atoms. The zero-order chi connectivity index (χ0) is 20.4. The lowest BCUT2D eigenvalue weighted by Crippen LogP contribution is -2.21. The minimum atomic E-state index is 0.627. The van der Waals surface area contributed by atoms with Crippen LogP contribution in [0.4, 0.5) is 0 Å². The molecule has 1 aromatic carbocycles. The Kier molecular flexibility index (Phi) is 5.97. The third kappa shape index (κ3) is 4.36. The Hall–Kier alpha value is -2.24. The second kappa shape index (κ2) is 8.64. The summed E-state index contributed by atoms with van der Waals surface area (Å²) >= 11 is 6.58. The molecular formula is C23H27ClN2O3. The summed E-state index contributed by atoms with van der Waals surface area (Å²) < 4.78 is 17.3. The summed E-state index contributed by atoms with van der Waals surface area (Å²) in [7, 11) is 1.64. The SMILES string of the molecule is COc1cc2c(Cl)cc(-c3cc(C)oc3C)nc2cc1OCCCN1CCCC1. The smallest absolute Gasteiger partial charge is 0.163 e. The van der Waals surface area contributed by atoms with E-state index < -0.39 is 0 Å². The van der Waals surface area contributed by atoms with Gasteiger partial charge in [-0.3, -0.25) is 0 Å². The zero-order valence-corrected chi connectivity index (χ0v) is 18.0. The topological polar surface area (TPSA) is 47.7 Å². The van der Waals surface area contributed by atoms with E-state index in [1.165, 1.54) is 25.9 Å². The van der Waals surface area contributed by atoms with Gasteiger partial charge in [-0.1, -0.05) is 11.6 Å². The molecule has 0 saturated carbocycles. The maximum Gasteiger partial charge on any atom is 0.163 e. The molecule has 0 atom stereocenters. The molecule has 1 fully saturated rings. The van der Waals surface area contributed by atoms with E-state index in [0.29, 0.717) is 23.1 Å². The van der Waals surface area contributed by atoms with E-state index in [9.17, 15) is 0 Å². The summed E-state index contributed by atoms with van der Waals surface area (Å²) in [6, 6.07) is 7.68. The predicted molar refractivity (Wildman–Crippen MR) is 116 cm³/mol. The molecule has 154 valence electrons. The molecule has 3 aromatic rings. The number of furan rings is 1. The molecule has 0 amide bonds. The standard InChI is InChI=1S/C23H27ClN2O3/c1-15-11-17(16(2)29-15)20-13-19(24)18-12-22(27-3)23(14-21(18)25-20)28-10-6-9-26-7-4-5-8-26/h11-14H,4-10H2,1-3H3. The van der Waals surface area contributed by atoms with Gasteiger partial charge in [-0.15, -0.1) is 0 Å². The minimum absolute atomic E-state index is 0.627. The number of nitrogens with zero attached hydrogens (tertiary/aromatic N) is 2. The summed E-state index contributed by atoms with van der Waals surface area (Å²) in [5, 5.41) is 1.47. The molecule has 29 heavy (non-hydrogen) atoms. The Morgan fingerprint density at radius 3 is 2.59 bits per heavy atom. The number of hydrogen-bond donors (Lipinski definition) is 0. The van der Waals surface area contributed by atoms with Gasteiger partial charge in [0.05, 0.1) is 29.9 Å². The fourth-order valence-corrected chi connectivity index (χ4v) is 4.22.